The van der Waals surface area contributed by atoms with E-state index in [1.54, 1.807) is 33.9 Å². The highest BCUT2D eigenvalue weighted by molar-refractivity contribution is 5.94. The minimum atomic E-state index is -0.657. The van der Waals surface area contributed by atoms with E-state index in [1.807, 2.05) is 74.5 Å². The number of hydrogen-bond acceptors (Lipinski definition) is 6. The van der Waals surface area contributed by atoms with Crippen LogP contribution in [0.25, 0.3) is 34.2 Å². The molecule has 3 heterocycles. The lowest BCUT2D eigenvalue weighted by Gasteiger charge is -2.11. The monoisotopic (exact) mass is 495 g/mol. The molecule has 0 spiro atoms. The van der Waals surface area contributed by atoms with Gasteiger partial charge in [0.15, 0.2) is 12.4 Å². The zero-order valence-corrected chi connectivity index (χ0v) is 20.4. The standard InChI is InChI=1S/C28H25N5O4/c1-19(2)33-25(14-15-29-33)30-26(34)18-36-27(35)13-12-21-17-32(22-9-4-3-5-10-22)31-28(21)24-16-20-8-6-7-11-23(20)37-24/h3-17,19H,18H2,1-2H3,(H,30,34)/b13-12+. The van der Waals surface area contributed by atoms with Crippen molar-refractivity contribution in [2.75, 3.05) is 11.9 Å². The average molecular weight is 496 g/mol. The summed E-state index contributed by atoms with van der Waals surface area (Å²) in [4.78, 5) is 24.7. The van der Waals surface area contributed by atoms with E-state index in [-0.39, 0.29) is 6.04 Å². The van der Waals surface area contributed by atoms with E-state index in [0.717, 1.165) is 16.7 Å². The molecule has 0 aliphatic heterocycles. The number of nitrogens with zero attached hydrogens (tertiary/aromatic N) is 4. The lowest BCUT2D eigenvalue weighted by atomic mass is 10.2. The van der Waals surface area contributed by atoms with Crippen LogP contribution in [0.15, 0.2) is 89.6 Å². The number of anilines is 1. The maximum absolute atomic E-state index is 12.4. The smallest absolute Gasteiger partial charge is 0.331 e. The number of carbonyl (C=O) groups excluding carboxylic acids is 2. The first-order valence-corrected chi connectivity index (χ1v) is 11.8. The number of esters is 1. The van der Waals surface area contributed by atoms with Gasteiger partial charge in [0.1, 0.15) is 17.1 Å². The molecule has 9 heteroatoms. The van der Waals surface area contributed by atoms with Crippen molar-refractivity contribution in [3.63, 3.8) is 0 Å². The van der Waals surface area contributed by atoms with Gasteiger partial charge in [-0.3, -0.25) is 4.79 Å². The number of furan rings is 1. The molecule has 0 atom stereocenters. The molecular weight excluding hydrogens is 470 g/mol. The lowest BCUT2D eigenvalue weighted by molar-refractivity contribution is -0.142. The van der Waals surface area contributed by atoms with Gasteiger partial charge in [0, 0.05) is 35.3 Å². The third kappa shape index (κ3) is 5.35. The van der Waals surface area contributed by atoms with E-state index in [9.17, 15) is 9.59 Å². The summed E-state index contributed by atoms with van der Waals surface area (Å²) in [6.45, 7) is 3.48. The summed E-state index contributed by atoms with van der Waals surface area (Å²) in [6, 6.07) is 21.0. The number of amides is 1. The average Bonchev–Trinajstić information content (AvgIpc) is 3.64. The van der Waals surface area contributed by atoms with E-state index in [4.69, 9.17) is 14.3 Å². The molecule has 9 nitrogen and oxygen atoms in total. The molecule has 0 bridgehead atoms. The SMILES string of the molecule is CC(C)n1nccc1NC(=O)COC(=O)/C=C/c1cn(-c2ccccc2)nc1-c1cc2ccccc2o1. The van der Waals surface area contributed by atoms with Crippen molar-refractivity contribution in [3.8, 4) is 17.1 Å². The van der Waals surface area contributed by atoms with Crippen LogP contribution in [0.2, 0.25) is 0 Å². The van der Waals surface area contributed by atoms with Crippen LogP contribution in [-0.2, 0) is 14.3 Å². The van der Waals surface area contributed by atoms with Crippen LogP contribution < -0.4 is 5.32 Å². The van der Waals surface area contributed by atoms with Gasteiger partial charge in [0.05, 0.1) is 11.9 Å². The number of carbonyl (C=O) groups is 2. The summed E-state index contributed by atoms with van der Waals surface area (Å²) in [5.41, 5.74) is 2.83. The Morgan fingerprint density at radius 3 is 2.65 bits per heavy atom. The number of rotatable bonds is 8. The summed E-state index contributed by atoms with van der Waals surface area (Å²) >= 11 is 0. The first kappa shape index (κ1) is 23.8. The Morgan fingerprint density at radius 1 is 1.08 bits per heavy atom. The molecule has 0 aliphatic rings. The Balaban J connectivity index is 1.33. The molecule has 186 valence electrons. The fourth-order valence-electron chi connectivity index (χ4n) is 3.86. The van der Waals surface area contributed by atoms with Gasteiger partial charge in [-0.15, -0.1) is 0 Å². The number of para-hydroxylation sites is 2. The zero-order chi connectivity index (χ0) is 25.8. The normalized spacial score (nSPS) is 11.4. The van der Waals surface area contributed by atoms with Gasteiger partial charge in [-0.1, -0.05) is 36.4 Å². The highest BCUT2D eigenvalue weighted by atomic mass is 16.5. The topological polar surface area (TPSA) is 104 Å². The fourth-order valence-corrected chi connectivity index (χ4v) is 3.86. The molecule has 1 amide bonds. The van der Waals surface area contributed by atoms with E-state index >= 15 is 0 Å². The summed E-state index contributed by atoms with van der Waals surface area (Å²) < 4.78 is 14.6. The quantitative estimate of drug-likeness (QED) is 0.233. The lowest BCUT2D eigenvalue weighted by Crippen LogP contribution is -2.22. The zero-order valence-electron chi connectivity index (χ0n) is 20.4. The van der Waals surface area contributed by atoms with Crippen LogP contribution in [0.4, 0.5) is 5.82 Å². The second kappa shape index (κ2) is 10.4. The summed E-state index contributed by atoms with van der Waals surface area (Å²) in [6.07, 6.45) is 6.27. The number of fused-ring (bicyclic) bond motifs is 1. The van der Waals surface area contributed by atoms with Crippen LogP contribution in [0.1, 0.15) is 25.5 Å². The van der Waals surface area contributed by atoms with Crippen molar-refractivity contribution in [2.24, 2.45) is 0 Å². The van der Waals surface area contributed by atoms with E-state index in [2.05, 4.69) is 10.4 Å². The van der Waals surface area contributed by atoms with Gasteiger partial charge in [-0.25, -0.2) is 14.2 Å². The predicted molar refractivity (Wildman–Crippen MR) is 140 cm³/mol. The van der Waals surface area contributed by atoms with Gasteiger partial charge in [0.2, 0.25) is 0 Å². The highest BCUT2D eigenvalue weighted by Gasteiger charge is 2.16. The van der Waals surface area contributed by atoms with Crippen molar-refractivity contribution in [1.82, 2.24) is 19.6 Å². The number of ether oxygens (including phenoxy) is 1. The first-order valence-electron chi connectivity index (χ1n) is 11.8. The van der Waals surface area contributed by atoms with Crippen LogP contribution in [0.3, 0.4) is 0 Å². The Morgan fingerprint density at radius 2 is 1.86 bits per heavy atom. The van der Waals surface area contributed by atoms with Crippen LogP contribution in [0.5, 0.6) is 0 Å². The number of aromatic nitrogens is 4. The van der Waals surface area contributed by atoms with E-state index in [0.29, 0.717) is 22.8 Å². The second-order valence-electron chi connectivity index (χ2n) is 8.61. The molecule has 0 saturated carbocycles. The molecular formula is C28H25N5O4. The van der Waals surface area contributed by atoms with Crippen LogP contribution >= 0.6 is 0 Å². The molecule has 3 aromatic heterocycles. The summed E-state index contributed by atoms with van der Waals surface area (Å²) in [5, 5.41) is 12.5. The molecule has 2 aromatic carbocycles. The van der Waals surface area contributed by atoms with Gasteiger partial charge in [-0.2, -0.15) is 10.2 Å². The Hall–Kier alpha value is -4.92. The Kier molecular flexibility index (Phi) is 6.67. The highest BCUT2D eigenvalue weighted by Crippen LogP contribution is 2.30. The third-order valence-electron chi connectivity index (χ3n) is 5.59. The molecule has 5 rings (SSSR count). The summed E-state index contributed by atoms with van der Waals surface area (Å²) in [7, 11) is 0. The maximum Gasteiger partial charge on any atom is 0.331 e. The summed E-state index contributed by atoms with van der Waals surface area (Å²) in [5.74, 6) is -0.0000184. The molecule has 0 aliphatic carbocycles. The van der Waals surface area contributed by atoms with Crippen molar-refractivity contribution in [3.05, 3.63) is 90.8 Å². The predicted octanol–water partition coefficient (Wildman–Crippen LogP) is 5.26. The van der Waals surface area contributed by atoms with Gasteiger partial charge in [0.25, 0.3) is 5.91 Å². The maximum atomic E-state index is 12.4. The number of benzene rings is 2. The van der Waals surface area contributed by atoms with Crippen molar-refractivity contribution < 1.29 is 18.7 Å². The van der Waals surface area contributed by atoms with Crippen LogP contribution in [0, 0.1) is 0 Å². The molecule has 0 fully saturated rings. The van der Waals surface area contributed by atoms with Gasteiger partial charge >= 0.3 is 5.97 Å². The van der Waals surface area contributed by atoms with E-state index in [1.165, 1.54) is 6.08 Å². The van der Waals surface area contributed by atoms with Crippen LogP contribution in [-0.4, -0.2) is 38.0 Å². The molecule has 1 N–H and O–H groups in total. The third-order valence-corrected chi connectivity index (χ3v) is 5.59. The number of nitrogens with one attached hydrogen (secondary N) is 1. The molecule has 0 unspecified atom stereocenters. The van der Waals surface area contributed by atoms with Crippen molar-refractivity contribution >= 4 is 34.7 Å². The van der Waals surface area contributed by atoms with E-state index < -0.39 is 18.5 Å². The first-order chi connectivity index (χ1) is 18.0. The fraction of sp³-hybridized carbons (Fsp3) is 0.143. The Bertz CT molecular complexity index is 1540. The second-order valence-corrected chi connectivity index (χ2v) is 8.61. The molecule has 5 aromatic rings. The number of hydrogen-bond donors (Lipinski definition) is 1. The minimum absolute atomic E-state index is 0.0773. The van der Waals surface area contributed by atoms with Gasteiger partial charge < -0.3 is 14.5 Å². The van der Waals surface area contributed by atoms with Crippen molar-refractivity contribution in [2.45, 2.75) is 19.9 Å². The molecule has 0 radical (unpaired) electrons. The molecule has 37 heavy (non-hydrogen) atoms. The van der Waals surface area contributed by atoms with Crippen molar-refractivity contribution in [1.29, 1.82) is 0 Å². The Labute approximate surface area is 213 Å². The van der Waals surface area contributed by atoms with Gasteiger partial charge in [-0.05, 0) is 44.2 Å². The largest absolute Gasteiger partial charge is 0.454 e. The minimum Gasteiger partial charge on any atom is -0.454 e. The molecule has 0 saturated heterocycles.